The summed E-state index contributed by atoms with van der Waals surface area (Å²) >= 11 is 0. The normalized spacial score (nSPS) is 12.9. The maximum atomic E-state index is 2.50. The quantitative estimate of drug-likeness (QED) is 0.133. The molecule has 0 spiro atoms. The van der Waals surface area contributed by atoms with Crippen molar-refractivity contribution in [3.63, 3.8) is 0 Å². The first kappa shape index (κ1) is 85.4. The van der Waals surface area contributed by atoms with Crippen LogP contribution in [0.5, 0.6) is 0 Å². The van der Waals surface area contributed by atoms with Gasteiger partial charge in [-0.2, -0.15) is 0 Å². The molecule has 0 fully saturated rings. The highest BCUT2D eigenvalue weighted by atomic mass is 28.3. The summed E-state index contributed by atoms with van der Waals surface area (Å²) < 4.78 is 0. The maximum absolute atomic E-state index is 2.50. The Kier molecular flexibility index (Phi) is 22.5. The van der Waals surface area contributed by atoms with Crippen LogP contribution in [-0.2, 0) is 10.8 Å². The molecule has 20 aromatic rings. The summed E-state index contributed by atoms with van der Waals surface area (Å²) in [5, 5.41) is 3.03. The number of rotatable bonds is 0. The third-order valence-electron chi connectivity index (χ3n) is 28.8. The smallest absolute Gasteiger partial charge is 0.0623 e. The van der Waals surface area contributed by atoms with Crippen LogP contribution in [-0.4, -0.2) is 8.07 Å². The third kappa shape index (κ3) is 15.3. The molecule has 0 N–H and O–H groups in total. The molecule has 0 radical (unpaired) electrons. The average Bonchev–Trinajstić information content (AvgIpc) is 1.08. The van der Waals surface area contributed by atoms with Gasteiger partial charge < -0.3 is 0 Å². The highest BCUT2D eigenvalue weighted by Crippen LogP contribution is 2.55. The van der Waals surface area contributed by atoms with E-state index in [1.54, 1.807) is 0 Å². The van der Waals surface area contributed by atoms with Gasteiger partial charge in [0.05, 0.1) is 0 Å². The SMILES string of the molecule is Cc1ccc2c(c1)-c1ccccc1-c1ccccc1-c1ccccc1-2.Cc1ccc2c(c1)-c1ccccc1-c1ccccc1-c1ccccc1C2(C)C.Cc1ccc2c(c1)-c1ccccc1-c1ccccc1-c1ccccc1[Si]2(C)C.Cc1ccc2c(c1)-c1ccccc1C(C)(C)c1ccccc1-c1ccccc1-2.Cc1cccc2c1-c1ccccc1-c1ccccc1-c1ccccc1-2. The molecule has 644 valence electrons. The number of fused-ring (bicyclic) bond motifs is 37. The molecule has 20 aromatic carbocycles. The van der Waals surface area contributed by atoms with E-state index in [1.165, 1.54) is 250 Å². The molecule has 1 aliphatic heterocycles. The van der Waals surface area contributed by atoms with E-state index in [0.29, 0.717) is 0 Å². The zero-order valence-electron chi connectivity index (χ0n) is 78.3. The Balaban J connectivity index is 0.000000101. The lowest BCUT2D eigenvalue weighted by Crippen LogP contribution is -2.54. The number of benzene rings is 20. The second kappa shape index (κ2) is 35.4. The van der Waals surface area contributed by atoms with E-state index < -0.39 is 8.07 Å². The topological polar surface area (TPSA) is 0 Å². The molecule has 25 rings (SSSR count). The van der Waals surface area contributed by atoms with E-state index in [-0.39, 0.29) is 10.8 Å². The molecule has 0 saturated heterocycles. The number of hydrogen-bond acceptors (Lipinski definition) is 0. The minimum Gasteiger partial charge on any atom is -0.0623 e. The van der Waals surface area contributed by atoms with Gasteiger partial charge in [-0.25, -0.2) is 0 Å². The number of hydrogen-bond donors (Lipinski definition) is 0. The van der Waals surface area contributed by atoms with Crippen LogP contribution in [0.3, 0.4) is 0 Å². The first-order chi connectivity index (χ1) is 65.4. The summed E-state index contributed by atoms with van der Waals surface area (Å²) in [7, 11) is -1.91. The highest BCUT2D eigenvalue weighted by Gasteiger charge is 2.37. The molecule has 0 saturated carbocycles. The van der Waals surface area contributed by atoms with Crippen LogP contribution in [0.4, 0.5) is 0 Å². The van der Waals surface area contributed by atoms with Gasteiger partial charge in [0.15, 0.2) is 0 Å². The van der Waals surface area contributed by atoms with Gasteiger partial charge in [0.2, 0.25) is 0 Å². The zero-order chi connectivity index (χ0) is 91.5. The Morgan fingerprint density at radius 1 is 0.142 bits per heavy atom. The lowest BCUT2D eigenvalue weighted by atomic mass is 9.73. The zero-order valence-corrected chi connectivity index (χ0v) is 79.3. The Labute approximate surface area is 793 Å². The van der Waals surface area contributed by atoms with Crippen LogP contribution in [0.15, 0.2) is 455 Å². The van der Waals surface area contributed by atoms with Gasteiger partial charge >= 0.3 is 0 Å². The lowest BCUT2D eigenvalue weighted by molar-refractivity contribution is 0.644. The summed E-state index contributed by atoms with van der Waals surface area (Å²) in [5.41, 5.74) is 56.7. The molecule has 134 heavy (non-hydrogen) atoms. The largest absolute Gasteiger partial charge is 0.113 e. The summed E-state index contributed by atoms with van der Waals surface area (Å²) in [5.74, 6) is 0. The van der Waals surface area contributed by atoms with Gasteiger partial charge in [0, 0.05) is 10.8 Å². The van der Waals surface area contributed by atoms with E-state index in [2.05, 4.69) is 530 Å². The van der Waals surface area contributed by atoms with Gasteiger partial charge in [-0.1, -0.05) is 518 Å². The lowest BCUT2D eigenvalue weighted by Gasteiger charge is -2.30. The van der Waals surface area contributed by atoms with E-state index in [0.717, 1.165) is 0 Å². The Hall–Kier alpha value is -15.4. The van der Waals surface area contributed by atoms with Crippen molar-refractivity contribution in [2.75, 3.05) is 0 Å². The molecule has 0 aromatic heterocycles. The minimum atomic E-state index is -1.91. The summed E-state index contributed by atoms with van der Waals surface area (Å²) in [6.45, 7) is 25.4. The molecule has 1 heteroatoms. The second-order valence-corrected chi connectivity index (χ2v) is 42.6. The first-order valence-electron chi connectivity index (χ1n) is 47.4. The molecule has 1 heterocycles. The predicted octanol–water partition coefficient (Wildman–Crippen LogP) is 35.4. The molecular weight excluding hydrogens is 1630 g/mol. The van der Waals surface area contributed by atoms with E-state index in [1.807, 2.05) is 0 Å². The monoisotopic (exact) mass is 1730 g/mol. The van der Waals surface area contributed by atoms with Crippen LogP contribution in [0, 0.1) is 34.6 Å². The van der Waals surface area contributed by atoms with Crippen molar-refractivity contribution in [2.24, 2.45) is 0 Å². The second-order valence-electron chi connectivity index (χ2n) is 38.3. The van der Waals surface area contributed by atoms with Gasteiger partial charge in [-0.15, -0.1) is 0 Å². The van der Waals surface area contributed by atoms with Crippen LogP contribution < -0.4 is 10.4 Å². The molecule has 0 bridgehead atoms. The predicted molar refractivity (Wildman–Crippen MR) is 576 cm³/mol. The minimum absolute atomic E-state index is 0.106. The van der Waals surface area contributed by atoms with Crippen molar-refractivity contribution < 1.29 is 0 Å². The van der Waals surface area contributed by atoms with E-state index in [4.69, 9.17) is 0 Å². The van der Waals surface area contributed by atoms with Gasteiger partial charge in [-0.05, 0) is 262 Å². The van der Waals surface area contributed by atoms with Crippen LogP contribution in [0.25, 0.3) is 189 Å². The maximum Gasteiger partial charge on any atom is 0.113 e. The molecule has 0 nitrogen and oxygen atoms in total. The number of aryl methyl sites for hydroxylation is 5. The van der Waals surface area contributed by atoms with Gasteiger partial charge in [-0.3, -0.25) is 0 Å². The van der Waals surface area contributed by atoms with Gasteiger partial charge in [0.25, 0.3) is 0 Å². The van der Waals surface area contributed by atoms with Crippen molar-refractivity contribution >= 4 is 18.4 Å². The molecule has 5 aliphatic rings. The van der Waals surface area contributed by atoms with Crippen molar-refractivity contribution in [2.45, 2.75) is 86.2 Å². The molecule has 0 amide bonds. The fourth-order valence-electron chi connectivity index (χ4n) is 22.3. The summed E-state index contributed by atoms with van der Waals surface area (Å²) in [6.07, 6.45) is 0. The van der Waals surface area contributed by atoms with Crippen LogP contribution in [0.2, 0.25) is 13.1 Å². The molecule has 0 unspecified atom stereocenters. The van der Waals surface area contributed by atoms with Crippen molar-refractivity contribution in [1.82, 2.24) is 0 Å². The molecular formula is C133H108Si. The highest BCUT2D eigenvalue weighted by molar-refractivity contribution is 7.02. The molecule has 0 atom stereocenters. The van der Waals surface area contributed by atoms with Gasteiger partial charge in [0.1, 0.15) is 8.07 Å². The Morgan fingerprint density at radius 2 is 0.336 bits per heavy atom. The standard InChI is InChI=1S/2C28H24.C27H24Si.2C25H18/c1-19-16-17-27-25(18-19)23-13-7-5-11-21(23)20-10-4-6-12-22(20)24-14-8-9-15-26(24)28(27,2)3;1-19-16-17-22-20-10-4-5-11-21(20)23-12-6-8-14-26(23)28(2,3)27-15-9-7-13-24(27)25(22)18-19;1-19-16-17-27-25(18-19)23-13-7-5-11-21(23)20-10-4-6-12-22(20)24-14-8-9-15-26(24)28(27,2)3;1-17-9-8-16-24-22-13-5-4-12-20(22)18-10-2-3-11-19(18)21-14-6-7-15-23(21)25(17)24;1-17-14-15-24-22-12-5-4-10-20(22)18-8-2-3-9-19(18)21-11-6-7-13-23(21)25(24)16-17/h3*4-18H,1-3H3;2*2-16H,1H3. The third-order valence-corrected chi connectivity index (χ3v) is 32.4. The van der Waals surface area contributed by atoms with Crippen molar-refractivity contribution in [3.05, 3.63) is 505 Å². The average molecular weight is 1730 g/mol. The summed E-state index contributed by atoms with van der Waals surface area (Å²) in [4.78, 5) is 0. The fourth-order valence-corrected chi connectivity index (χ4v) is 25.4. The summed E-state index contributed by atoms with van der Waals surface area (Å²) in [6, 6.07) is 167. The Morgan fingerprint density at radius 3 is 0.694 bits per heavy atom. The first-order valence-corrected chi connectivity index (χ1v) is 50.4. The van der Waals surface area contributed by atoms with Crippen molar-refractivity contribution in [3.8, 4) is 189 Å². The van der Waals surface area contributed by atoms with E-state index in [9.17, 15) is 0 Å². The van der Waals surface area contributed by atoms with Crippen molar-refractivity contribution in [1.29, 1.82) is 0 Å². The molecule has 4 aliphatic carbocycles. The van der Waals surface area contributed by atoms with E-state index >= 15 is 0 Å². The fraction of sp³-hybridized carbons (Fsp3) is 0.0977. The Bertz CT molecular complexity index is 7690. The van der Waals surface area contributed by atoms with Crippen LogP contribution >= 0.6 is 0 Å². The van der Waals surface area contributed by atoms with Crippen LogP contribution in [0.1, 0.15) is 77.8 Å².